The van der Waals surface area contributed by atoms with Gasteiger partial charge in [0.2, 0.25) is 5.91 Å². The Labute approximate surface area is 167 Å². The van der Waals surface area contributed by atoms with Crippen LogP contribution in [0.1, 0.15) is 48.0 Å². The van der Waals surface area contributed by atoms with E-state index in [4.69, 9.17) is 0 Å². The SMILES string of the molecule is CN(C)c1ccc(NC(=O)C2CCCCC2)cc1C(=O)NCc1ccccc1. The molecule has 0 bridgehead atoms. The van der Waals surface area contributed by atoms with E-state index in [1.54, 1.807) is 6.07 Å². The minimum absolute atomic E-state index is 0.0629. The molecule has 2 aromatic rings. The zero-order valence-corrected chi connectivity index (χ0v) is 16.7. The van der Waals surface area contributed by atoms with Gasteiger partial charge in [0.1, 0.15) is 0 Å². The fraction of sp³-hybridized carbons (Fsp3) is 0.391. The standard InChI is InChI=1S/C23H29N3O2/c1-26(2)21-14-13-19(25-22(27)18-11-7-4-8-12-18)15-20(21)23(28)24-16-17-9-5-3-6-10-17/h3,5-6,9-10,13-15,18H,4,7-8,11-12,16H2,1-2H3,(H,24,28)(H,25,27). The lowest BCUT2D eigenvalue weighted by Gasteiger charge is -2.22. The average Bonchev–Trinajstić information content (AvgIpc) is 2.73. The summed E-state index contributed by atoms with van der Waals surface area (Å²) < 4.78 is 0. The molecule has 0 heterocycles. The summed E-state index contributed by atoms with van der Waals surface area (Å²) in [6.45, 7) is 0.463. The van der Waals surface area contributed by atoms with Crippen LogP contribution in [0.15, 0.2) is 48.5 Å². The second-order valence-corrected chi connectivity index (χ2v) is 7.62. The number of benzene rings is 2. The van der Waals surface area contributed by atoms with Gasteiger partial charge in [0, 0.05) is 37.9 Å². The van der Waals surface area contributed by atoms with Crippen LogP contribution in [0, 0.1) is 5.92 Å². The largest absolute Gasteiger partial charge is 0.377 e. The molecule has 5 nitrogen and oxygen atoms in total. The zero-order chi connectivity index (χ0) is 19.9. The van der Waals surface area contributed by atoms with Crippen LogP contribution in [0.4, 0.5) is 11.4 Å². The molecular formula is C23H29N3O2. The second-order valence-electron chi connectivity index (χ2n) is 7.62. The molecular weight excluding hydrogens is 350 g/mol. The van der Waals surface area contributed by atoms with Crippen molar-refractivity contribution in [2.45, 2.75) is 38.6 Å². The number of hydrogen-bond acceptors (Lipinski definition) is 3. The van der Waals surface area contributed by atoms with Gasteiger partial charge in [-0.25, -0.2) is 0 Å². The van der Waals surface area contributed by atoms with Crippen LogP contribution in [0.25, 0.3) is 0 Å². The summed E-state index contributed by atoms with van der Waals surface area (Å²) in [4.78, 5) is 27.3. The minimum atomic E-state index is -0.152. The van der Waals surface area contributed by atoms with E-state index in [2.05, 4.69) is 10.6 Å². The first-order valence-corrected chi connectivity index (χ1v) is 9.99. The van der Waals surface area contributed by atoms with E-state index in [0.717, 1.165) is 36.9 Å². The Balaban J connectivity index is 1.73. The molecule has 0 aliphatic heterocycles. The normalized spacial score (nSPS) is 14.4. The summed E-state index contributed by atoms with van der Waals surface area (Å²) in [5, 5.41) is 5.99. The van der Waals surface area contributed by atoms with Gasteiger partial charge in [0.05, 0.1) is 5.56 Å². The van der Waals surface area contributed by atoms with Gasteiger partial charge < -0.3 is 15.5 Å². The van der Waals surface area contributed by atoms with Crippen molar-refractivity contribution in [3.63, 3.8) is 0 Å². The highest BCUT2D eigenvalue weighted by atomic mass is 16.2. The first kappa shape index (κ1) is 19.9. The van der Waals surface area contributed by atoms with Gasteiger partial charge in [-0.1, -0.05) is 49.6 Å². The lowest BCUT2D eigenvalue weighted by atomic mass is 9.88. The Kier molecular flexibility index (Phi) is 6.69. The summed E-state index contributed by atoms with van der Waals surface area (Å²) in [5.74, 6) is -0.00750. The van der Waals surface area contributed by atoms with Crippen molar-refractivity contribution in [2.75, 3.05) is 24.3 Å². The Morgan fingerprint density at radius 1 is 1.00 bits per heavy atom. The molecule has 0 radical (unpaired) electrons. The molecule has 3 rings (SSSR count). The number of nitrogens with zero attached hydrogens (tertiary/aromatic N) is 1. The monoisotopic (exact) mass is 379 g/mol. The molecule has 2 N–H and O–H groups in total. The average molecular weight is 380 g/mol. The molecule has 2 amide bonds. The first-order chi connectivity index (χ1) is 13.5. The number of carbonyl (C=O) groups is 2. The highest BCUT2D eigenvalue weighted by molar-refractivity contribution is 6.02. The molecule has 0 saturated heterocycles. The zero-order valence-electron chi connectivity index (χ0n) is 16.7. The van der Waals surface area contributed by atoms with Crippen molar-refractivity contribution >= 4 is 23.2 Å². The van der Waals surface area contributed by atoms with Crippen molar-refractivity contribution in [3.8, 4) is 0 Å². The molecule has 28 heavy (non-hydrogen) atoms. The van der Waals surface area contributed by atoms with Crippen LogP contribution >= 0.6 is 0 Å². The molecule has 1 aliphatic rings. The van der Waals surface area contributed by atoms with Gasteiger partial charge >= 0.3 is 0 Å². The minimum Gasteiger partial charge on any atom is -0.377 e. The number of carbonyl (C=O) groups excluding carboxylic acids is 2. The predicted octanol–water partition coefficient (Wildman–Crippen LogP) is 4.20. The van der Waals surface area contributed by atoms with Crippen LogP contribution in [0.5, 0.6) is 0 Å². The lowest BCUT2D eigenvalue weighted by Crippen LogP contribution is -2.27. The maximum absolute atomic E-state index is 12.8. The van der Waals surface area contributed by atoms with E-state index in [1.807, 2.05) is 61.5 Å². The molecule has 5 heteroatoms. The van der Waals surface area contributed by atoms with Gasteiger partial charge in [-0.2, -0.15) is 0 Å². The van der Waals surface area contributed by atoms with Gasteiger partial charge in [0.15, 0.2) is 0 Å². The van der Waals surface area contributed by atoms with Crippen molar-refractivity contribution in [3.05, 3.63) is 59.7 Å². The second kappa shape index (κ2) is 9.40. The summed E-state index contributed by atoms with van der Waals surface area (Å²) in [6.07, 6.45) is 5.35. The topological polar surface area (TPSA) is 61.4 Å². The lowest BCUT2D eigenvalue weighted by molar-refractivity contribution is -0.120. The van der Waals surface area contributed by atoms with E-state index in [-0.39, 0.29) is 17.7 Å². The first-order valence-electron chi connectivity index (χ1n) is 9.99. The van der Waals surface area contributed by atoms with E-state index >= 15 is 0 Å². The number of nitrogens with one attached hydrogen (secondary N) is 2. The number of rotatable bonds is 6. The van der Waals surface area contributed by atoms with Crippen molar-refractivity contribution in [1.29, 1.82) is 0 Å². The molecule has 1 saturated carbocycles. The van der Waals surface area contributed by atoms with Crippen molar-refractivity contribution in [1.82, 2.24) is 5.32 Å². The summed E-state index contributed by atoms with van der Waals surface area (Å²) >= 11 is 0. The Morgan fingerprint density at radius 3 is 2.39 bits per heavy atom. The van der Waals surface area contributed by atoms with E-state index in [9.17, 15) is 9.59 Å². The number of anilines is 2. The summed E-state index contributed by atoms with van der Waals surface area (Å²) in [6, 6.07) is 15.3. The molecule has 0 spiro atoms. The molecule has 148 valence electrons. The number of amides is 2. The molecule has 0 unspecified atom stereocenters. The van der Waals surface area contributed by atoms with E-state index < -0.39 is 0 Å². The van der Waals surface area contributed by atoms with E-state index in [0.29, 0.717) is 17.8 Å². The fourth-order valence-corrected chi connectivity index (χ4v) is 3.67. The van der Waals surface area contributed by atoms with Crippen LogP contribution < -0.4 is 15.5 Å². The van der Waals surface area contributed by atoms with Gasteiger partial charge in [-0.05, 0) is 36.6 Å². The van der Waals surface area contributed by atoms with Gasteiger partial charge in [0.25, 0.3) is 5.91 Å². The summed E-state index contributed by atoms with van der Waals surface area (Å²) in [5.41, 5.74) is 3.10. The summed E-state index contributed by atoms with van der Waals surface area (Å²) in [7, 11) is 3.81. The van der Waals surface area contributed by atoms with Crippen LogP contribution in [0.2, 0.25) is 0 Å². The Bertz CT molecular complexity index is 812. The third kappa shape index (κ3) is 5.12. The maximum atomic E-state index is 12.8. The molecule has 0 aromatic heterocycles. The molecule has 2 aromatic carbocycles. The smallest absolute Gasteiger partial charge is 0.253 e. The third-order valence-electron chi connectivity index (χ3n) is 5.26. The van der Waals surface area contributed by atoms with Crippen LogP contribution in [0.3, 0.4) is 0 Å². The van der Waals surface area contributed by atoms with Crippen molar-refractivity contribution < 1.29 is 9.59 Å². The quantitative estimate of drug-likeness (QED) is 0.791. The molecule has 1 aliphatic carbocycles. The predicted molar refractivity (Wildman–Crippen MR) is 114 cm³/mol. The van der Waals surface area contributed by atoms with Gasteiger partial charge in [-0.3, -0.25) is 9.59 Å². The highest BCUT2D eigenvalue weighted by Crippen LogP contribution is 2.27. The van der Waals surface area contributed by atoms with Crippen molar-refractivity contribution in [2.24, 2.45) is 5.92 Å². The maximum Gasteiger partial charge on any atom is 0.253 e. The van der Waals surface area contributed by atoms with Crippen LogP contribution in [-0.4, -0.2) is 25.9 Å². The third-order valence-corrected chi connectivity index (χ3v) is 5.26. The van der Waals surface area contributed by atoms with E-state index in [1.165, 1.54) is 6.42 Å². The number of hydrogen-bond donors (Lipinski definition) is 2. The molecule has 0 atom stereocenters. The highest BCUT2D eigenvalue weighted by Gasteiger charge is 2.22. The fourth-order valence-electron chi connectivity index (χ4n) is 3.67. The van der Waals surface area contributed by atoms with Gasteiger partial charge in [-0.15, -0.1) is 0 Å². The Morgan fingerprint density at radius 2 is 1.71 bits per heavy atom. The van der Waals surface area contributed by atoms with Crippen LogP contribution in [-0.2, 0) is 11.3 Å². The Hall–Kier alpha value is -2.82. The molecule has 1 fully saturated rings.